The lowest BCUT2D eigenvalue weighted by Gasteiger charge is -2.16. The SMILES string of the molecule is Cc1ccc(NC(=O)Cn2nc(N(C)C)c3ccccc3c2=O)cc1. The molecule has 128 valence electrons. The highest BCUT2D eigenvalue weighted by Gasteiger charge is 2.14. The third kappa shape index (κ3) is 3.52. The highest BCUT2D eigenvalue weighted by atomic mass is 16.2. The minimum atomic E-state index is -0.293. The fraction of sp³-hybridized carbons (Fsp3) is 0.211. The molecule has 0 aliphatic carbocycles. The summed E-state index contributed by atoms with van der Waals surface area (Å²) in [5.74, 6) is 0.358. The van der Waals surface area contributed by atoms with Crippen molar-refractivity contribution in [2.75, 3.05) is 24.3 Å². The van der Waals surface area contributed by atoms with Gasteiger partial charge in [0.25, 0.3) is 5.56 Å². The van der Waals surface area contributed by atoms with Crippen LogP contribution >= 0.6 is 0 Å². The van der Waals surface area contributed by atoms with Gasteiger partial charge in [-0.15, -0.1) is 0 Å². The van der Waals surface area contributed by atoms with Crippen molar-refractivity contribution in [3.8, 4) is 0 Å². The van der Waals surface area contributed by atoms with Gasteiger partial charge < -0.3 is 10.2 Å². The van der Waals surface area contributed by atoms with Crippen LogP contribution in [0.2, 0.25) is 0 Å². The van der Waals surface area contributed by atoms with E-state index >= 15 is 0 Å². The molecule has 0 radical (unpaired) electrons. The standard InChI is InChI=1S/C19H20N4O2/c1-13-8-10-14(11-9-13)20-17(24)12-23-19(25)16-7-5-4-6-15(16)18(21-23)22(2)3/h4-11H,12H2,1-3H3,(H,20,24). The number of aryl methyl sites for hydroxylation is 1. The summed E-state index contributed by atoms with van der Waals surface area (Å²) in [4.78, 5) is 26.8. The van der Waals surface area contributed by atoms with Gasteiger partial charge in [0.2, 0.25) is 5.91 Å². The van der Waals surface area contributed by atoms with Crippen molar-refractivity contribution in [2.45, 2.75) is 13.5 Å². The summed E-state index contributed by atoms with van der Waals surface area (Å²) in [6.45, 7) is 1.84. The molecule has 0 fully saturated rings. The van der Waals surface area contributed by atoms with Gasteiger partial charge in [0.1, 0.15) is 6.54 Å². The minimum Gasteiger partial charge on any atom is -0.361 e. The highest BCUT2D eigenvalue weighted by molar-refractivity contribution is 5.93. The van der Waals surface area contributed by atoms with Crippen LogP contribution < -0.4 is 15.8 Å². The summed E-state index contributed by atoms with van der Waals surface area (Å²) in [5.41, 5.74) is 1.53. The number of aromatic nitrogens is 2. The van der Waals surface area contributed by atoms with Crippen molar-refractivity contribution in [3.63, 3.8) is 0 Å². The summed E-state index contributed by atoms with van der Waals surface area (Å²) in [7, 11) is 3.71. The molecular formula is C19H20N4O2. The lowest BCUT2D eigenvalue weighted by Crippen LogP contribution is -2.31. The second-order valence-electron chi connectivity index (χ2n) is 6.14. The Hall–Kier alpha value is -3.15. The molecule has 6 nitrogen and oxygen atoms in total. The first-order valence-corrected chi connectivity index (χ1v) is 7.99. The van der Waals surface area contributed by atoms with E-state index < -0.39 is 0 Å². The normalized spacial score (nSPS) is 10.7. The molecule has 1 amide bonds. The van der Waals surface area contributed by atoms with Gasteiger partial charge in [0.05, 0.1) is 5.39 Å². The number of hydrogen-bond donors (Lipinski definition) is 1. The maximum absolute atomic E-state index is 12.6. The maximum atomic E-state index is 12.6. The molecule has 1 heterocycles. The highest BCUT2D eigenvalue weighted by Crippen LogP contribution is 2.19. The topological polar surface area (TPSA) is 67.2 Å². The van der Waals surface area contributed by atoms with Gasteiger partial charge in [-0.05, 0) is 25.1 Å². The molecule has 0 aliphatic heterocycles. The number of amides is 1. The number of carbonyl (C=O) groups excluding carboxylic acids is 1. The Labute approximate surface area is 145 Å². The van der Waals surface area contributed by atoms with E-state index in [0.29, 0.717) is 16.9 Å². The predicted octanol–water partition coefficient (Wildman–Crippen LogP) is 2.41. The first-order chi connectivity index (χ1) is 12.0. The average Bonchev–Trinajstić information content (AvgIpc) is 2.59. The molecule has 0 aliphatic rings. The van der Waals surface area contributed by atoms with Crippen LogP contribution in [0.5, 0.6) is 0 Å². The molecule has 0 bridgehead atoms. The molecule has 1 N–H and O–H groups in total. The summed E-state index contributed by atoms with van der Waals surface area (Å²) in [5, 5.41) is 8.47. The predicted molar refractivity (Wildman–Crippen MR) is 100 cm³/mol. The van der Waals surface area contributed by atoms with Gasteiger partial charge in [0, 0.05) is 25.2 Å². The number of nitrogens with zero attached hydrogens (tertiary/aromatic N) is 3. The van der Waals surface area contributed by atoms with E-state index in [0.717, 1.165) is 10.9 Å². The zero-order valence-corrected chi connectivity index (χ0v) is 14.5. The number of hydrogen-bond acceptors (Lipinski definition) is 4. The molecule has 0 saturated carbocycles. The van der Waals surface area contributed by atoms with Crippen molar-refractivity contribution >= 4 is 28.2 Å². The first-order valence-electron chi connectivity index (χ1n) is 7.99. The van der Waals surface area contributed by atoms with Crippen molar-refractivity contribution in [2.24, 2.45) is 0 Å². The van der Waals surface area contributed by atoms with Gasteiger partial charge in [0.15, 0.2) is 5.82 Å². The molecule has 6 heteroatoms. The Balaban J connectivity index is 1.93. The van der Waals surface area contributed by atoms with Crippen LogP contribution in [-0.4, -0.2) is 29.8 Å². The largest absolute Gasteiger partial charge is 0.361 e. The van der Waals surface area contributed by atoms with E-state index in [9.17, 15) is 9.59 Å². The molecule has 0 atom stereocenters. The van der Waals surface area contributed by atoms with E-state index in [4.69, 9.17) is 0 Å². The van der Waals surface area contributed by atoms with E-state index in [-0.39, 0.29) is 18.0 Å². The van der Waals surface area contributed by atoms with Crippen LogP contribution in [-0.2, 0) is 11.3 Å². The number of carbonyl (C=O) groups is 1. The van der Waals surface area contributed by atoms with E-state index in [2.05, 4.69) is 10.4 Å². The van der Waals surface area contributed by atoms with Crippen molar-refractivity contribution in [3.05, 3.63) is 64.4 Å². The minimum absolute atomic E-state index is 0.140. The first kappa shape index (κ1) is 16.7. The summed E-state index contributed by atoms with van der Waals surface area (Å²) >= 11 is 0. The van der Waals surface area contributed by atoms with Crippen LogP contribution in [0.4, 0.5) is 11.5 Å². The average molecular weight is 336 g/mol. The summed E-state index contributed by atoms with van der Waals surface area (Å²) < 4.78 is 1.21. The molecule has 3 aromatic rings. The Morgan fingerprint density at radius 2 is 1.72 bits per heavy atom. The van der Waals surface area contributed by atoms with E-state index in [1.807, 2.05) is 62.3 Å². The number of rotatable bonds is 4. The number of fused-ring (bicyclic) bond motifs is 1. The van der Waals surface area contributed by atoms with Crippen molar-refractivity contribution in [1.82, 2.24) is 9.78 Å². The molecule has 0 saturated heterocycles. The monoisotopic (exact) mass is 336 g/mol. The zero-order valence-electron chi connectivity index (χ0n) is 14.5. The maximum Gasteiger partial charge on any atom is 0.275 e. The van der Waals surface area contributed by atoms with Gasteiger partial charge in [-0.1, -0.05) is 35.9 Å². The van der Waals surface area contributed by atoms with Crippen LogP contribution in [0.15, 0.2) is 53.3 Å². The van der Waals surface area contributed by atoms with Crippen molar-refractivity contribution < 1.29 is 4.79 Å². The van der Waals surface area contributed by atoms with Crippen molar-refractivity contribution in [1.29, 1.82) is 0 Å². The number of benzene rings is 2. The molecule has 2 aromatic carbocycles. The van der Waals surface area contributed by atoms with E-state index in [1.165, 1.54) is 4.68 Å². The Morgan fingerprint density at radius 1 is 1.08 bits per heavy atom. The van der Waals surface area contributed by atoms with Gasteiger partial charge >= 0.3 is 0 Å². The lowest BCUT2D eigenvalue weighted by atomic mass is 10.2. The van der Waals surface area contributed by atoms with Crippen LogP contribution in [0.1, 0.15) is 5.56 Å². The van der Waals surface area contributed by atoms with E-state index in [1.54, 1.807) is 12.1 Å². The van der Waals surface area contributed by atoms with Gasteiger partial charge in [-0.3, -0.25) is 9.59 Å². The van der Waals surface area contributed by atoms with Crippen LogP contribution in [0, 0.1) is 6.92 Å². The van der Waals surface area contributed by atoms with Crippen LogP contribution in [0.25, 0.3) is 10.8 Å². The van der Waals surface area contributed by atoms with Gasteiger partial charge in [-0.25, -0.2) is 4.68 Å². The fourth-order valence-electron chi connectivity index (χ4n) is 2.63. The van der Waals surface area contributed by atoms with Crippen LogP contribution in [0.3, 0.4) is 0 Å². The Kier molecular flexibility index (Phi) is 4.52. The molecule has 0 spiro atoms. The number of nitrogens with one attached hydrogen (secondary N) is 1. The third-order valence-electron chi connectivity index (χ3n) is 3.90. The lowest BCUT2D eigenvalue weighted by molar-refractivity contribution is -0.117. The Bertz CT molecular complexity index is 975. The number of anilines is 2. The molecule has 3 rings (SSSR count). The second-order valence-corrected chi connectivity index (χ2v) is 6.14. The summed E-state index contributed by atoms with van der Waals surface area (Å²) in [6.07, 6.45) is 0. The fourth-order valence-corrected chi connectivity index (χ4v) is 2.63. The third-order valence-corrected chi connectivity index (χ3v) is 3.90. The smallest absolute Gasteiger partial charge is 0.275 e. The van der Waals surface area contributed by atoms with Gasteiger partial charge in [-0.2, -0.15) is 5.10 Å². The molecule has 0 unspecified atom stereocenters. The molecular weight excluding hydrogens is 316 g/mol. The quantitative estimate of drug-likeness (QED) is 0.794. The second kappa shape index (κ2) is 6.76. The molecule has 25 heavy (non-hydrogen) atoms. The zero-order chi connectivity index (χ0) is 18.0. The summed E-state index contributed by atoms with van der Waals surface area (Å²) in [6, 6.07) is 14.8. The molecule has 1 aromatic heterocycles. The Morgan fingerprint density at radius 3 is 2.36 bits per heavy atom.